The van der Waals surface area contributed by atoms with Gasteiger partial charge in [-0.2, -0.15) is 0 Å². The molecule has 19 heavy (non-hydrogen) atoms. The number of benzene rings is 1. The van der Waals surface area contributed by atoms with Gasteiger partial charge in [0.05, 0.1) is 0 Å². The van der Waals surface area contributed by atoms with E-state index in [0.29, 0.717) is 13.0 Å². The van der Waals surface area contributed by atoms with E-state index in [2.05, 4.69) is 62.6 Å². The van der Waals surface area contributed by atoms with Gasteiger partial charge in [-0.05, 0) is 29.5 Å². The molecule has 0 radical (unpaired) electrons. The molecule has 2 N–H and O–H groups in total. The van der Waals surface area contributed by atoms with E-state index in [0.717, 1.165) is 18.7 Å². The molecule has 0 fully saturated rings. The molecule has 0 bridgehead atoms. The molecule has 0 heterocycles. The van der Waals surface area contributed by atoms with Crippen molar-refractivity contribution in [2.24, 2.45) is 0 Å². The van der Waals surface area contributed by atoms with E-state index in [1.165, 1.54) is 5.56 Å². The first-order chi connectivity index (χ1) is 8.93. The topological polar surface area (TPSA) is 41.1 Å². The van der Waals surface area contributed by atoms with Crippen LogP contribution in [0.1, 0.15) is 46.1 Å². The Morgan fingerprint density at radius 3 is 2.26 bits per heavy atom. The summed E-state index contributed by atoms with van der Waals surface area (Å²) in [7, 11) is 0. The predicted molar refractivity (Wildman–Crippen MR) is 81.5 cm³/mol. The molecule has 0 aliphatic rings. The van der Waals surface area contributed by atoms with Crippen LogP contribution in [0.5, 0.6) is 0 Å². The molecule has 1 amide bonds. The normalized spacial score (nSPS) is 11.2. The van der Waals surface area contributed by atoms with Crippen molar-refractivity contribution >= 4 is 11.6 Å². The van der Waals surface area contributed by atoms with Gasteiger partial charge in [0.2, 0.25) is 5.91 Å². The zero-order chi connectivity index (χ0) is 14.3. The molecule has 0 aliphatic heterocycles. The molecule has 1 aromatic rings. The number of carbonyl (C=O) groups is 1. The summed E-state index contributed by atoms with van der Waals surface area (Å²) in [6.07, 6.45) is 1.49. The number of carbonyl (C=O) groups excluding carboxylic acids is 1. The van der Waals surface area contributed by atoms with Crippen molar-refractivity contribution in [1.82, 2.24) is 5.32 Å². The van der Waals surface area contributed by atoms with E-state index in [1.807, 2.05) is 0 Å². The van der Waals surface area contributed by atoms with Gasteiger partial charge in [0.1, 0.15) is 0 Å². The van der Waals surface area contributed by atoms with Crippen LogP contribution in [0, 0.1) is 0 Å². The van der Waals surface area contributed by atoms with Gasteiger partial charge in [-0.15, -0.1) is 0 Å². The summed E-state index contributed by atoms with van der Waals surface area (Å²) in [6.45, 7) is 10.1. The van der Waals surface area contributed by atoms with Crippen LogP contribution >= 0.6 is 0 Å². The summed E-state index contributed by atoms with van der Waals surface area (Å²) in [5.74, 6) is 0.112. The smallest absolute Gasteiger partial charge is 0.221 e. The first-order valence-corrected chi connectivity index (χ1v) is 7.04. The Bertz CT molecular complexity index is 390. The Morgan fingerprint density at radius 1 is 1.11 bits per heavy atom. The predicted octanol–water partition coefficient (Wildman–Crippen LogP) is 3.31. The molecular formula is C16H26N2O. The lowest BCUT2D eigenvalue weighted by atomic mass is 9.87. The Morgan fingerprint density at radius 2 is 1.74 bits per heavy atom. The van der Waals surface area contributed by atoms with Crippen molar-refractivity contribution in [3.63, 3.8) is 0 Å². The molecular weight excluding hydrogens is 236 g/mol. The minimum atomic E-state index is 0.112. The van der Waals surface area contributed by atoms with Gasteiger partial charge in [0.15, 0.2) is 0 Å². The average Bonchev–Trinajstić information content (AvgIpc) is 2.36. The van der Waals surface area contributed by atoms with E-state index >= 15 is 0 Å². The lowest BCUT2D eigenvalue weighted by molar-refractivity contribution is -0.120. The van der Waals surface area contributed by atoms with Gasteiger partial charge in [0.25, 0.3) is 0 Å². The molecule has 0 saturated heterocycles. The van der Waals surface area contributed by atoms with Crippen LogP contribution in [-0.2, 0) is 10.2 Å². The maximum atomic E-state index is 11.4. The summed E-state index contributed by atoms with van der Waals surface area (Å²) in [6, 6.07) is 8.42. The van der Waals surface area contributed by atoms with Crippen molar-refractivity contribution in [2.45, 2.75) is 46.0 Å². The summed E-state index contributed by atoms with van der Waals surface area (Å²) in [4.78, 5) is 11.4. The summed E-state index contributed by atoms with van der Waals surface area (Å²) in [5.41, 5.74) is 2.56. The fourth-order valence-electron chi connectivity index (χ4n) is 1.76. The second-order valence-electron chi connectivity index (χ2n) is 5.85. The minimum Gasteiger partial charge on any atom is -0.385 e. The third-order valence-electron chi connectivity index (χ3n) is 3.00. The van der Waals surface area contributed by atoms with Crippen molar-refractivity contribution in [1.29, 1.82) is 0 Å². The maximum Gasteiger partial charge on any atom is 0.221 e. The van der Waals surface area contributed by atoms with Gasteiger partial charge < -0.3 is 10.6 Å². The highest BCUT2D eigenvalue weighted by Gasteiger charge is 2.12. The van der Waals surface area contributed by atoms with Crippen LogP contribution in [-0.4, -0.2) is 19.0 Å². The highest BCUT2D eigenvalue weighted by molar-refractivity contribution is 5.76. The molecule has 0 aliphatic carbocycles. The SMILES string of the molecule is CCCNC(=O)CCNc1ccc(C(C)(C)C)cc1. The van der Waals surface area contributed by atoms with Gasteiger partial charge in [-0.25, -0.2) is 0 Å². The fraction of sp³-hybridized carbons (Fsp3) is 0.562. The lowest BCUT2D eigenvalue weighted by Crippen LogP contribution is -2.25. The Kier molecular flexibility index (Phi) is 5.87. The highest BCUT2D eigenvalue weighted by atomic mass is 16.1. The van der Waals surface area contributed by atoms with Crippen LogP contribution in [0.15, 0.2) is 24.3 Å². The molecule has 0 atom stereocenters. The van der Waals surface area contributed by atoms with Crippen molar-refractivity contribution in [3.05, 3.63) is 29.8 Å². The van der Waals surface area contributed by atoms with Crippen LogP contribution in [0.2, 0.25) is 0 Å². The Balaban J connectivity index is 2.36. The molecule has 0 unspecified atom stereocenters. The Labute approximate surface area is 116 Å². The van der Waals surface area contributed by atoms with Crippen LogP contribution in [0.3, 0.4) is 0 Å². The third-order valence-corrected chi connectivity index (χ3v) is 3.00. The molecule has 1 rings (SSSR count). The van der Waals surface area contributed by atoms with Crippen molar-refractivity contribution in [3.8, 4) is 0 Å². The summed E-state index contributed by atoms with van der Waals surface area (Å²) in [5, 5.41) is 6.14. The van der Waals surface area contributed by atoms with Gasteiger partial charge in [0, 0.05) is 25.2 Å². The molecule has 3 heteroatoms. The second-order valence-corrected chi connectivity index (χ2v) is 5.85. The number of nitrogens with one attached hydrogen (secondary N) is 2. The molecule has 0 spiro atoms. The van der Waals surface area contributed by atoms with Crippen LogP contribution < -0.4 is 10.6 Å². The largest absolute Gasteiger partial charge is 0.385 e. The Hall–Kier alpha value is -1.51. The standard InChI is InChI=1S/C16H26N2O/c1-5-11-18-15(19)10-12-17-14-8-6-13(7-9-14)16(2,3)4/h6-9,17H,5,10-12H2,1-4H3,(H,18,19). The first-order valence-electron chi connectivity index (χ1n) is 7.04. The van der Waals surface area contributed by atoms with Gasteiger partial charge >= 0.3 is 0 Å². The monoisotopic (exact) mass is 262 g/mol. The van der Waals surface area contributed by atoms with Crippen LogP contribution in [0.4, 0.5) is 5.69 Å². The summed E-state index contributed by atoms with van der Waals surface area (Å²) < 4.78 is 0. The second kappa shape index (κ2) is 7.17. The molecule has 106 valence electrons. The van der Waals surface area contributed by atoms with Crippen molar-refractivity contribution in [2.75, 3.05) is 18.4 Å². The van der Waals surface area contributed by atoms with Crippen molar-refractivity contribution < 1.29 is 4.79 Å². The molecule has 3 nitrogen and oxygen atoms in total. The highest BCUT2D eigenvalue weighted by Crippen LogP contribution is 2.23. The van der Waals surface area contributed by atoms with Gasteiger partial charge in [-0.3, -0.25) is 4.79 Å². The number of anilines is 1. The number of rotatable bonds is 6. The first kappa shape index (κ1) is 15.5. The van der Waals surface area contributed by atoms with Gasteiger partial charge in [-0.1, -0.05) is 39.8 Å². The van der Waals surface area contributed by atoms with Crippen LogP contribution in [0.25, 0.3) is 0 Å². The van der Waals surface area contributed by atoms with E-state index in [4.69, 9.17) is 0 Å². The zero-order valence-corrected chi connectivity index (χ0v) is 12.5. The van der Waals surface area contributed by atoms with E-state index in [-0.39, 0.29) is 11.3 Å². The molecule has 1 aromatic carbocycles. The zero-order valence-electron chi connectivity index (χ0n) is 12.5. The average molecular weight is 262 g/mol. The number of hydrogen-bond donors (Lipinski definition) is 2. The molecule has 0 saturated carbocycles. The van der Waals surface area contributed by atoms with E-state index < -0.39 is 0 Å². The lowest BCUT2D eigenvalue weighted by Gasteiger charge is -2.19. The van der Waals surface area contributed by atoms with E-state index in [9.17, 15) is 4.79 Å². The third kappa shape index (κ3) is 5.77. The number of amides is 1. The summed E-state index contributed by atoms with van der Waals surface area (Å²) >= 11 is 0. The van der Waals surface area contributed by atoms with E-state index in [1.54, 1.807) is 0 Å². The molecule has 0 aromatic heterocycles. The maximum absolute atomic E-state index is 11.4. The minimum absolute atomic E-state index is 0.112. The quantitative estimate of drug-likeness (QED) is 0.826. The number of hydrogen-bond acceptors (Lipinski definition) is 2. The fourth-order valence-corrected chi connectivity index (χ4v) is 1.76.